The fourth-order valence-electron chi connectivity index (χ4n) is 2.25. The summed E-state index contributed by atoms with van der Waals surface area (Å²) in [6, 6.07) is 13.4. The number of ether oxygens (including phenoxy) is 1. The highest BCUT2D eigenvalue weighted by atomic mass is 32.2. The lowest BCUT2D eigenvalue weighted by atomic mass is 10.1. The number of para-hydroxylation sites is 1. The van der Waals surface area contributed by atoms with Crippen LogP contribution in [0.25, 0.3) is 11.3 Å². The van der Waals surface area contributed by atoms with Crippen LogP contribution in [0.4, 0.5) is 5.69 Å². The Morgan fingerprint density at radius 2 is 2.05 bits per heavy atom. The number of thioether (sulfide) groups is 1. The first-order valence-electron chi connectivity index (χ1n) is 7.04. The predicted octanol–water partition coefficient (Wildman–Crippen LogP) is 3.68. The second kappa shape index (κ2) is 6.66. The number of amides is 1. The predicted molar refractivity (Wildman–Crippen MR) is 89.4 cm³/mol. The van der Waals surface area contributed by atoms with Gasteiger partial charge >= 0.3 is 0 Å². The van der Waals surface area contributed by atoms with Crippen LogP contribution in [0.15, 0.2) is 59.3 Å². The minimum Gasteiger partial charge on any atom is -0.496 e. The van der Waals surface area contributed by atoms with Crippen LogP contribution in [-0.4, -0.2) is 23.3 Å². The topological polar surface area (TPSA) is 51.2 Å². The number of carbonyl (C=O) groups is 1. The van der Waals surface area contributed by atoms with E-state index in [1.807, 2.05) is 49.4 Å². The van der Waals surface area contributed by atoms with Crippen molar-refractivity contribution in [2.24, 2.45) is 0 Å². The van der Waals surface area contributed by atoms with Gasteiger partial charge in [-0.25, -0.2) is 0 Å². The molecular weight excluding hydrogens is 296 g/mol. The van der Waals surface area contributed by atoms with E-state index in [9.17, 15) is 4.79 Å². The Hall–Kier alpha value is -2.27. The molecular formula is C17H16N2O2S. The maximum absolute atomic E-state index is 12.5. The normalized spacial score (nSPS) is 14.4. The van der Waals surface area contributed by atoms with Gasteiger partial charge in [0, 0.05) is 17.5 Å². The molecule has 3 rings (SSSR count). The molecule has 22 heavy (non-hydrogen) atoms. The number of rotatable bonds is 3. The fraction of sp³-hybridized carbons (Fsp3) is 0.176. The van der Waals surface area contributed by atoms with E-state index < -0.39 is 0 Å². The largest absolute Gasteiger partial charge is 0.496 e. The Labute approximate surface area is 133 Å². The zero-order valence-electron chi connectivity index (χ0n) is 12.2. The number of aromatic nitrogens is 1. The molecule has 5 heteroatoms. The quantitative estimate of drug-likeness (QED) is 0.939. The molecule has 1 amide bonds. The van der Waals surface area contributed by atoms with Gasteiger partial charge in [-0.2, -0.15) is 0 Å². The SMILES string of the molecule is CC1=C(C(=O)Nc2ccccc2-c2ccccn2)SCCO1. The zero-order chi connectivity index (χ0) is 15.4. The molecule has 0 fully saturated rings. The molecule has 0 unspecified atom stereocenters. The van der Waals surface area contributed by atoms with Crippen molar-refractivity contribution in [1.82, 2.24) is 4.98 Å². The second-order valence-electron chi connectivity index (χ2n) is 4.80. The molecule has 1 aromatic heterocycles. The highest BCUT2D eigenvalue weighted by Crippen LogP contribution is 2.30. The molecule has 1 aromatic carbocycles. The number of benzene rings is 1. The van der Waals surface area contributed by atoms with Crippen LogP contribution < -0.4 is 5.32 Å². The molecule has 2 heterocycles. The Morgan fingerprint density at radius 1 is 1.23 bits per heavy atom. The highest BCUT2D eigenvalue weighted by Gasteiger charge is 2.19. The summed E-state index contributed by atoms with van der Waals surface area (Å²) in [6.07, 6.45) is 1.74. The van der Waals surface area contributed by atoms with Gasteiger partial charge in [0.2, 0.25) is 0 Å². The maximum atomic E-state index is 12.5. The van der Waals surface area contributed by atoms with Gasteiger partial charge in [0.05, 0.1) is 18.0 Å². The summed E-state index contributed by atoms with van der Waals surface area (Å²) in [5.41, 5.74) is 2.48. The highest BCUT2D eigenvalue weighted by molar-refractivity contribution is 8.04. The number of anilines is 1. The Kier molecular flexibility index (Phi) is 4.44. The molecule has 0 saturated heterocycles. The van der Waals surface area contributed by atoms with Gasteiger partial charge in [0.15, 0.2) is 0 Å². The first kappa shape index (κ1) is 14.7. The minimum atomic E-state index is -0.134. The summed E-state index contributed by atoms with van der Waals surface area (Å²) in [5, 5.41) is 2.97. The maximum Gasteiger partial charge on any atom is 0.265 e. The van der Waals surface area contributed by atoms with E-state index >= 15 is 0 Å². The number of carbonyl (C=O) groups excluding carboxylic acids is 1. The van der Waals surface area contributed by atoms with Crippen LogP contribution in [0.1, 0.15) is 6.92 Å². The lowest BCUT2D eigenvalue weighted by molar-refractivity contribution is -0.112. The summed E-state index contributed by atoms with van der Waals surface area (Å²) >= 11 is 1.53. The Balaban J connectivity index is 1.89. The van der Waals surface area contributed by atoms with E-state index in [1.54, 1.807) is 6.20 Å². The van der Waals surface area contributed by atoms with Crippen LogP contribution in [0, 0.1) is 0 Å². The van der Waals surface area contributed by atoms with E-state index in [0.29, 0.717) is 17.3 Å². The van der Waals surface area contributed by atoms with Crippen LogP contribution >= 0.6 is 11.8 Å². The Bertz CT molecular complexity index is 714. The standard InChI is InChI=1S/C17H16N2O2S/c1-12-16(22-11-10-21-12)17(20)19-15-8-3-2-6-13(15)14-7-4-5-9-18-14/h2-9H,10-11H2,1H3,(H,19,20). The average Bonchev–Trinajstić information content (AvgIpc) is 2.56. The third-order valence-electron chi connectivity index (χ3n) is 3.29. The average molecular weight is 312 g/mol. The summed E-state index contributed by atoms with van der Waals surface area (Å²) in [4.78, 5) is 17.5. The van der Waals surface area contributed by atoms with E-state index in [0.717, 1.165) is 22.7 Å². The van der Waals surface area contributed by atoms with Gasteiger partial charge in [-0.3, -0.25) is 9.78 Å². The molecule has 0 aliphatic carbocycles. The second-order valence-corrected chi connectivity index (χ2v) is 5.90. The first-order valence-corrected chi connectivity index (χ1v) is 8.02. The molecule has 4 nitrogen and oxygen atoms in total. The molecule has 0 bridgehead atoms. The third kappa shape index (κ3) is 3.14. The molecule has 1 N–H and O–H groups in total. The third-order valence-corrected chi connectivity index (χ3v) is 4.42. The van der Waals surface area contributed by atoms with Crippen molar-refractivity contribution in [2.75, 3.05) is 17.7 Å². The molecule has 0 radical (unpaired) electrons. The number of nitrogens with zero attached hydrogens (tertiary/aromatic N) is 1. The van der Waals surface area contributed by atoms with Gasteiger partial charge in [-0.15, -0.1) is 11.8 Å². The molecule has 0 saturated carbocycles. The molecule has 0 spiro atoms. The molecule has 2 aromatic rings. The molecule has 0 atom stereocenters. The molecule has 112 valence electrons. The van der Waals surface area contributed by atoms with Crippen molar-refractivity contribution in [1.29, 1.82) is 0 Å². The monoisotopic (exact) mass is 312 g/mol. The van der Waals surface area contributed by atoms with Crippen molar-refractivity contribution in [2.45, 2.75) is 6.92 Å². The van der Waals surface area contributed by atoms with Crippen molar-refractivity contribution in [3.63, 3.8) is 0 Å². The van der Waals surface area contributed by atoms with Crippen molar-refractivity contribution < 1.29 is 9.53 Å². The Morgan fingerprint density at radius 3 is 2.82 bits per heavy atom. The van der Waals surface area contributed by atoms with Crippen LogP contribution in [0.3, 0.4) is 0 Å². The summed E-state index contributed by atoms with van der Waals surface area (Å²) in [6.45, 7) is 2.48. The number of hydrogen-bond donors (Lipinski definition) is 1. The van der Waals surface area contributed by atoms with Crippen LogP contribution in [0.5, 0.6) is 0 Å². The molecule has 1 aliphatic heterocycles. The van der Waals surface area contributed by atoms with Gasteiger partial charge in [-0.05, 0) is 25.1 Å². The van der Waals surface area contributed by atoms with Crippen LogP contribution in [0.2, 0.25) is 0 Å². The number of allylic oxidation sites excluding steroid dienone is 1. The number of nitrogens with one attached hydrogen (secondary N) is 1. The van der Waals surface area contributed by atoms with E-state index in [4.69, 9.17) is 4.74 Å². The van der Waals surface area contributed by atoms with Gasteiger partial charge in [0.1, 0.15) is 10.7 Å². The minimum absolute atomic E-state index is 0.134. The van der Waals surface area contributed by atoms with Crippen molar-refractivity contribution in [3.05, 3.63) is 59.3 Å². The number of hydrogen-bond acceptors (Lipinski definition) is 4. The van der Waals surface area contributed by atoms with E-state index in [-0.39, 0.29) is 5.91 Å². The first-order chi connectivity index (χ1) is 10.8. The molecule has 1 aliphatic rings. The van der Waals surface area contributed by atoms with Crippen molar-refractivity contribution >= 4 is 23.4 Å². The summed E-state index contributed by atoms with van der Waals surface area (Å²) in [7, 11) is 0. The lowest BCUT2D eigenvalue weighted by Gasteiger charge is -2.18. The van der Waals surface area contributed by atoms with Crippen LogP contribution in [-0.2, 0) is 9.53 Å². The van der Waals surface area contributed by atoms with Gasteiger partial charge in [0.25, 0.3) is 5.91 Å². The van der Waals surface area contributed by atoms with Gasteiger partial charge < -0.3 is 10.1 Å². The smallest absolute Gasteiger partial charge is 0.265 e. The fourth-order valence-corrected chi connectivity index (χ4v) is 3.06. The lowest BCUT2D eigenvalue weighted by Crippen LogP contribution is -2.18. The van der Waals surface area contributed by atoms with E-state index in [2.05, 4.69) is 10.3 Å². The zero-order valence-corrected chi connectivity index (χ0v) is 13.0. The van der Waals surface area contributed by atoms with E-state index in [1.165, 1.54) is 11.8 Å². The summed E-state index contributed by atoms with van der Waals surface area (Å²) in [5.74, 6) is 1.34. The summed E-state index contributed by atoms with van der Waals surface area (Å²) < 4.78 is 5.45. The van der Waals surface area contributed by atoms with Crippen molar-refractivity contribution in [3.8, 4) is 11.3 Å². The van der Waals surface area contributed by atoms with Gasteiger partial charge in [-0.1, -0.05) is 24.3 Å². The number of pyridine rings is 1.